The van der Waals surface area contributed by atoms with Crippen LogP contribution in [0.4, 0.5) is 0 Å². The van der Waals surface area contributed by atoms with Crippen molar-refractivity contribution in [3.05, 3.63) is 0 Å². The summed E-state index contributed by atoms with van der Waals surface area (Å²) in [7, 11) is -2.35. The molecule has 0 aliphatic rings. The molecule has 0 aliphatic carbocycles. The molecule has 3 heteroatoms. The van der Waals surface area contributed by atoms with Gasteiger partial charge in [-0.15, -0.1) is 0 Å². The zero-order valence-corrected chi connectivity index (χ0v) is 20.7. The largest absolute Gasteiger partial charge is 0.418 e. The van der Waals surface area contributed by atoms with Gasteiger partial charge < -0.3 is 4.43 Å². The summed E-state index contributed by atoms with van der Waals surface area (Å²) < 4.78 is 6.29. The molecule has 1 nitrogen and oxygen atoms in total. The smallest absolute Gasteiger partial charge is 0.184 e. The molecular formula is C22H50OSi2. The number of hydrogen-bond acceptors (Lipinski definition) is 1. The van der Waals surface area contributed by atoms with Gasteiger partial charge in [-0.1, -0.05) is 110 Å². The molecule has 0 atom stereocenters. The second kappa shape index (κ2) is 15.5. The molecule has 0 spiro atoms. The fourth-order valence-electron chi connectivity index (χ4n) is 3.97. The molecule has 152 valence electrons. The van der Waals surface area contributed by atoms with Crippen LogP contribution in [0, 0.1) is 0 Å². The van der Waals surface area contributed by atoms with Gasteiger partial charge in [-0.3, -0.25) is 0 Å². The van der Waals surface area contributed by atoms with Crippen LogP contribution in [0.25, 0.3) is 0 Å². The summed E-state index contributed by atoms with van der Waals surface area (Å²) in [6.07, 6.45) is 20.0. The third kappa shape index (κ3) is 20.6. The Hall–Kier alpha value is 0.394. The maximum Gasteiger partial charge on any atom is 0.184 e. The summed E-state index contributed by atoms with van der Waals surface area (Å²) in [5.41, 5.74) is 1.40. The molecule has 0 N–H and O–H groups in total. The third-order valence-corrected chi connectivity index (χ3v) is 13.6. The number of rotatable bonds is 18. The van der Waals surface area contributed by atoms with Crippen LogP contribution < -0.4 is 0 Å². The maximum atomic E-state index is 6.29. The summed E-state index contributed by atoms with van der Waals surface area (Å²) in [6.45, 7) is 15.5. The third-order valence-electron chi connectivity index (χ3n) is 4.95. The Balaban J connectivity index is 3.26. The van der Waals surface area contributed by atoms with Crippen LogP contribution in [0.3, 0.4) is 0 Å². The number of unbranched alkanes of at least 4 members (excludes halogenated alkanes) is 13. The zero-order valence-electron chi connectivity index (χ0n) is 18.7. The van der Waals surface area contributed by atoms with Crippen LogP contribution in [0.15, 0.2) is 0 Å². The van der Waals surface area contributed by atoms with E-state index in [2.05, 4.69) is 39.7 Å². The minimum atomic E-state index is -1.38. The van der Waals surface area contributed by atoms with Crippen molar-refractivity contribution in [2.24, 2.45) is 0 Å². The van der Waals surface area contributed by atoms with E-state index >= 15 is 0 Å². The van der Waals surface area contributed by atoms with Gasteiger partial charge in [-0.2, -0.15) is 0 Å². The molecule has 0 aromatic rings. The normalized spacial score (nSPS) is 12.7. The van der Waals surface area contributed by atoms with Gasteiger partial charge >= 0.3 is 0 Å². The van der Waals surface area contributed by atoms with Crippen molar-refractivity contribution in [3.63, 3.8) is 0 Å². The van der Waals surface area contributed by atoms with Crippen molar-refractivity contribution in [2.75, 3.05) is 6.61 Å². The van der Waals surface area contributed by atoms with Gasteiger partial charge in [-0.05, 0) is 25.2 Å². The topological polar surface area (TPSA) is 9.23 Å². The quantitative estimate of drug-likeness (QED) is 0.169. The highest BCUT2D eigenvalue weighted by molar-refractivity contribution is 6.92. The minimum absolute atomic E-state index is 0.965. The highest BCUT2D eigenvalue weighted by Gasteiger charge is 2.29. The summed E-state index contributed by atoms with van der Waals surface area (Å²) in [6, 6.07) is 0. The van der Waals surface area contributed by atoms with Crippen LogP contribution in [-0.4, -0.2) is 23.0 Å². The monoisotopic (exact) mass is 386 g/mol. The molecular weight excluding hydrogens is 336 g/mol. The van der Waals surface area contributed by atoms with Crippen LogP contribution >= 0.6 is 0 Å². The second-order valence-electron chi connectivity index (χ2n) is 9.94. The number of hydrogen-bond donors (Lipinski definition) is 0. The lowest BCUT2D eigenvalue weighted by atomic mass is 10.0. The highest BCUT2D eigenvalue weighted by Crippen LogP contribution is 2.21. The summed E-state index contributed by atoms with van der Waals surface area (Å²) >= 11 is 0. The van der Waals surface area contributed by atoms with Crippen molar-refractivity contribution < 1.29 is 4.43 Å². The zero-order chi connectivity index (χ0) is 19.0. The fourth-order valence-corrected chi connectivity index (χ4v) is 15.3. The van der Waals surface area contributed by atoms with E-state index < -0.39 is 16.4 Å². The fraction of sp³-hybridized carbons (Fsp3) is 1.00. The Morgan fingerprint density at radius 1 is 0.520 bits per heavy atom. The first kappa shape index (κ1) is 25.4. The van der Waals surface area contributed by atoms with Crippen molar-refractivity contribution in [2.45, 2.75) is 135 Å². The predicted molar refractivity (Wildman–Crippen MR) is 122 cm³/mol. The summed E-state index contributed by atoms with van der Waals surface area (Å²) in [4.78, 5) is 0. The summed E-state index contributed by atoms with van der Waals surface area (Å²) in [5.74, 6) is 0. The van der Waals surface area contributed by atoms with E-state index in [1.165, 1.54) is 95.6 Å². The molecule has 0 saturated heterocycles. The van der Waals surface area contributed by atoms with Gasteiger partial charge in [0.1, 0.15) is 0 Å². The van der Waals surface area contributed by atoms with E-state index in [1.54, 1.807) is 0 Å². The highest BCUT2D eigenvalue weighted by atomic mass is 28.4. The van der Waals surface area contributed by atoms with E-state index in [-0.39, 0.29) is 0 Å². The van der Waals surface area contributed by atoms with Gasteiger partial charge in [-0.25, -0.2) is 0 Å². The Labute approximate surface area is 162 Å². The van der Waals surface area contributed by atoms with Gasteiger partial charge in [0.2, 0.25) is 0 Å². The van der Waals surface area contributed by atoms with E-state index in [0.29, 0.717) is 0 Å². The molecule has 0 aromatic heterocycles. The predicted octanol–water partition coefficient (Wildman–Crippen LogP) is 8.57. The molecule has 0 bridgehead atoms. The molecule has 25 heavy (non-hydrogen) atoms. The molecule has 0 saturated carbocycles. The minimum Gasteiger partial charge on any atom is -0.418 e. The summed E-state index contributed by atoms with van der Waals surface area (Å²) in [5, 5.41) is 0. The van der Waals surface area contributed by atoms with Crippen LogP contribution in [0.5, 0.6) is 0 Å². The first-order chi connectivity index (χ1) is 11.8. The van der Waals surface area contributed by atoms with E-state index in [9.17, 15) is 0 Å². The van der Waals surface area contributed by atoms with Crippen LogP contribution in [0.2, 0.25) is 38.4 Å². The van der Waals surface area contributed by atoms with Gasteiger partial charge in [0, 0.05) is 14.7 Å². The van der Waals surface area contributed by atoms with Gasteiger partial charge in [0.25, 0.3) is 0 Å². The second-order valence-corrected chi connectivity index (χ2v) is 20.3. The molecule has 0 aromatic carbocycles. The van der Waals surface area contributed by atoms with Crippen molar-refractivity contribution in [3.8, 4) is 0 Å². The van der Waals surface area contributed by atoms with Crippen molar-refractivity contribution in [1.29, 1.82) is 0 Å². The maximum absolute atomic E-state index is 6.29. The molecule has 0 rings (SSSR count). The average Bonchev–Trinajstić information content (AvgIpc) is 2.48. The van der Waals surface area contributed by atoms with Crippen LogP contribution in [0.1, 0.15) is 96.8 Å². The standard InChI is InChI=1S/C22H50OSi2/c1-7-8-9-10-11-12-13-14-15-16-17-18-19-20-21-23-25(5,6)22-24(2,3)4/h7-22H2,1-6H3. The molecule has 0 heterocycles. The Morgan fingerprint density at radius 2 is 0.880 bits per heavy atom. The van der Waals surface area contributed by atoms with E-state index in [4.69, 9.17) is 4.43 Å². The van der Waals surface area contributed by atoms with Crippen molar-refractivity contribution >= 4 is 16.4 Å². The molecule has 0 amide bonds. The molecule has 0 fully saturated rings. The SMILES string of the molecule is CCCCCCCCCCCCCCCCO[Si](C)(C)C[Si](C)(C)C. The average molecular weight is 387 g/mol. The van der Waals surface area contributed by atoms with Crippen molar-refractivity contribution in [1.82, 2.24) is 0 Å². The van der Waals surface area contributed by atoms with E-state index in [1.807, 2.05) is 0 Å². The Kier molecular flexibility index (Phi) is 15.7. The lowest BCUT2D eigenvalue weighted by Crippen LogP contribution is -2.40. The lowest BCUT2D eigenvalue weighted by Gasteiger charge is -2.29. The molecule has 0 radical (unpaired) electrons. The van der Waals surface area contributed by atoms with Gasteiger partial charge in [0.05, 0.1) is 0 Å². The first-order valence-electron chi connectivity index (χ1n) is 11.4. The molecule has 0 unspecified atom stereocenters. The molecule has 0 aliphatic heterocycles. The van der Waals surface area contributed by atoms with E-state index in [0.717, 1.165) is 6.61 Å². The lowest BCUT2D eigenvalue weighted by molar-refractivity contribution is 0.296. The Bertz CT molecular complexity index is 284. The Morgan fingerprint density at radius 3 is 1.24 bits per heavy atom. The van der Waals surface area contributed by atoms with Gasteiger partial charge in [0.15, 0.2) is 8.32 Å². The first-order valence-corrected chi connectivity index (χ1v) is 18.2. The van der Waals surface area contributed by atoms with Crippen LogP contribution in [-0.2, 0) is 4.43 Å².